The molecular weight excluding hydrogens is 355 g/mol. The summed E-state index contributed by atoms with van der Waals surface area (Å²) in [6, 6.07) is 15.7. The second kappa shape index (κ2) is 12.2. The Balaban J connectivity index is 1.36. The van der Waals surface area contributed by atoms with Crippen LogP contribution in [0.1, 0.15) is 102 Å². The predicted octanol–water partition coefficient (Wildman–Crippen LogP) is 9.30. The second-order valence-corrected chi connectivity index (χ2v) is 9.08. The van der Waals surface area contributed by atoms with Gasteiger partial charge in [-0.2, -0.15) is 0 Å². The monoisotopic (exact) mass is 394 g/mol. The van der Waals surface area contributed by atoms with Crippen molar-refractivity contribution in [1.29, 1.82) is 0 Å². The fraction of sp³-hybridized carbons (Fsp3) is 0.571. The average Bonchev–Trinajstić information content (AvgIpc) is 2.77. The molecule has 0 aliphatic heterocycles. The molecular formula is C28H39F. The zero-order valence-corrected chi connectivity index (χ0v) is 18.3. The molecule has 0 N–H and O–H groups in total. The van der Waals surface area contributed by atoms with Crippen molar-refractivity contribution in [2.24, 2.45) is 5.92 Å². The molecule has 29 heavy (non-hydrogen) atoms. The highest BCUT2D eigenvalue weighted by atomic mass is 19.1. The highest BCUT2D eigenvalue weighted by Crippen LogP contribution is 2.38. The van der Waals surface area contributed by atoms with Gasteiger partial charge in [-0.3, -0.25) is 0 Å². The summed E-state index contributed by atoms with van der Waals surface area (Å²) in [5.41, 5.74) is 3.12. The van der Waals surface area contributed by atoms with Gasteiger partial charge in [-0.15, -0.1) is 0 Å². The van der Waals surface area contributed by atoms with Gasteiger partial charge in [0.25, 0.3) is 0 Å². The third-order valence-corrected chi connectivity index (χ3v) is 6.88. The molecule has 1 fully saturated rings. The van der Waals surface area contributed by atoms with Crippen molar-refractivity contribution >= 4 is 0 Å². The molecule has 2 aromatic carbocycles. The maximum atomic E-state index is 14.0. The van der Waals surface area contributed by atoms with Gasteiger partial charge in [-0.25, -0.2) is 4.39 Å². The Labute approximate surface area is 177 Å². The lowest BCUT2D eigenvalue weighted by molar-refractivity contribution is 0.302. The lowest BCUT2D eigenvalue weighted by atomic mass is 9.77. The predicted molar refractivity (Wildman–Crippen MR) is 124 cm³/mol. The zero-order valence-electron chi connectivity index (χ0n) is 18.3. The van der Waals surface area contributed by atoms with Crippen molar-refractivity contribution < 1.29 is 4.39 Å². The molecule has 2 aromatic rings. The van der Waals surface area contributed by atoms with Crippen molar-refractivity contribution in [3.05, 3.63) is 59.9 Å². The first kappa shape index (κ1) is 22.1. The molecule has 0 aromatic heterocycles. The van der Waals surface area contributed by atoms with Crippen molar-refractivity contribution in [2.75, 3.05) is 0 Å². The molecule has 0 saturated heterocycles. The molecule has 1 saturated carbocycles. The van der Waals surface area contributed by atoms with Crippen molar-refractivity contribution in [2.45, 2.75) is 96.3 Å². The van der Waals surface area contributed by atoms with Crippen LogP contribution in [-0.4, -0.2) is 0 Å². The van der Waals surface area contributed by atoms with Crippen LogP contribution < -0.4 is 0 Å². The highest BCUT2D eigenvalue weighted by molar-refractivity contribution is 5.64. The minimum Gasteiger partial charge on any atom is -0.206 e. The Morgan fingerprint density at radius 3 is 2.00 bits per heavy atom. The quantitative estimate of drug-likeness (QED) is 0.333. The Hall–Kier alpha value is -1.63. The third-order valence-electron chi connectivity index (χ3n) is 6.88. The first-order valence-corrected chi connectivity index (χ1v) is 12.1. The molecule has 0 spiro atoms. The lowest BCUT2D eigenvalue weighted by Gasteiger charge is -2.29. The van der Waals surface area contributed by atoms with E-state index in [2.05, 4.69) is 31.2 Å². The maximum Gasteiger partial charge on any atom is 0.131 e. The molecule has 3 rings (SSSR count). The van der Waals surface area contributed by atoms with E-state index in [0.29, 0.717) is 11.5 Å². The second-order valence-electron chi connectivity index (χ2n) is 9.08. The smallest absolute Gasteiger partial charge is 0.131 e. The van der Waals surface area contributed by atoms with E-state index >= 15 is 0 Å². The zero-order chi connectivity index (χ0) is 20.3. The summed E-state index contributed by atoms with van der Waals surface area (Å²) >= 11 is 0. The minimum absolute atomic E-state index is 0.137. The van der Waals surface area contributed by atoms with Gasteiger partial charge in [0.1, 0.15) is 5.82 Å². The summed E-state index contributed by atoms with van der Waals surface area (Å²) in [4.78, 5) is 0. The van der Waals surface area contributed by atoms with Gasteiger partial charge in [-0.1, -0.05) is 107 Å². The van der Waals surface area contributed by atoms with E-state index in [1.165, 1.54) is 95.1 Å². The summed E-state index contributed by atoms with van der Waals surface area (Å²) in [6.07, 6.45) is 18.2. The summed E-state index contributed by atoms with van der Waals surface area (Å²) in [7, 11) is 0. The van der Waals surface area contributed by atoms with Crippen LogP contribution in [-0.2, 0) is 0 Å². The van der Waals surface area contributed by atoms with Crippen LogP contribution in [0.25, 0.3) is 11.1 Å². The van der Waals surface area contributed by atoms with Gasteiger partial charge in [0.2, 0.25) is 0 Å². The number of rotatable bonds is 11. The fourth-order valence-corrected chi connectivity index (χ4v) is 4.98. The molecule has 0 heterocycles. The SMILES string of the molecule is CCCCCCCCCCC1CCC(c2ccc(-c3ccccc3F)cc2)CC1. The largest absolute Gasteiger partial charge is 0.206 e. The summed E-state index contributed by atoms with van der Waals surface area (Å²) < 4.78 is 14.0. The van der Waals surface area contributed by atoms with Crippen molar-refractivity contribution in [3.8, 4) is 11.1 Å². The molecule has 1 heteroatoms. The number of halogens is 1. The van der Waals surface area contributed by atoms with Crippen LogP contribution in [0.3, 0.4) is 0 Å². The highest BCUT2D eigenvalue weighted by Gasteiger charge is 2.22. The first-order chi connectivity index (χ1) is 14.3. The van der Waals surface area contributed by atoms with Gasteiger partial charge >= 0.3 is 0 Å². The van der Waals surface area contributed by atoms with Crippen LogP contribution in [0, 0.1) is 11.7 Å². The molecule has 0 amide bonds. The van der Waals surface area contributed by atoms with Gasteiger partial charge in [-0.05, 0) is 54.7 Å². The Morgan fingerprint density at radius 1 is 0.724 bits per heavy atom. The van der Waals surface area contributed by atoms with E-state index in [1.807, 2.05) is 12.1 Å². The Morgan fingerprint density at radius 2 is 1.34 bits per heavy atom. The number of hydrogen-bond acceptors (Lipinski definition) is 0. The van der Waals surface area contributed by atoms with E-state index in [-0.39, 0.29) is 5.82 Å². The van der Waals surface area contributed by atoms with E-state index < -0.39 is 0 Å². The van der Waals surface area contributed by atoms with E-state index in [9.17, 15) is 4.39 Å². The summed E-state index contributed by atoms with van der Waals surface area (Å²) in [5.74, 6) is 1.50. The van der Waals surface area contributed by atoms with E-state index in [0.717, 1.165) is 11.5 Å². The molecule has 0 nitrogen and oxygen atoms in total. The van der Waals surface area contributed by atoms with Crippen molar-refractivity contribution in [3.63, 3.8) is 0 Å². The van der Waals surface area contributed by atoms with Crippen LogP contribution in [0.2, 0.25) is 0 Å². The summed E-state index contributed by atoms with van der Waals surface area (Å²) in [5, 5.41) is 0. The van der Waals surface area contributed by atoms with E-state index in [4.69, 9.17) is 0 Å². The number of hydrogen-bond donors (Lipinski definition) is 0. The maximum absolute atomic E-state index is 14.0. The Bertz CT molecular complexity index is 695. The molecule has 1 aliphatic carbocycles. The average molecular weight is 395 g/mol. The molecule has 1 aliphatic rings. The first-order valence-electron chi connectivity index (χ1n) is 12.1. The molecule has 0 unspecified atom stereocenters. The third kappa shape index (κ3) is 6.98. The van der Waals surface area contributed by atoms with Crippen LogP contribution >= 0.6 is 0 Å². The normalized spacial score (nSPS) is 19.4. The number of benzene rings is 2. The van der Waals surface area contributed by atoms with Gasteiger partial charge in [0.15, 0.2) is 0 Å². The minimum atomic E-state index is -0.137. The molecule has 0 atom stereocenters. The van der Waals surface area contributed by atoms with E-state index in [1.54, 1.807) is 6.07 Å². The number of unbranched alkanes of at least 4 members (excludes halogenated alkanes) is 7. The topological polar surface area (TPSA) is 0 Å². The lowest BCUT2D eigenvalue weighted by Crippen LogP contribution is -2.13. The van der Waals surface area contributed by atoms with Gasteiger partial charge < -0.3 is 0 Å². The van der Waals surface area contributed by atoms with Gasteiger partial charge in [0, 0.05) is 5.56 Å². The van der Waals surface area contributed by atoms with Crippen molar-refractivity contribution in [1.82, 2.24) is 0 Å². The molecule has 158 valence electrons. The molecule has 0 radical (unpaired) electrons. The van der Waals surface area contributed by atoms with Crippen LogP contribution in [0.5, 0.6) is 0 Å². The summed E-state index contributed by atoms with van der Waals surface area (Å²) in [6.45, 7) is 2.29. The van der Waals surface area contributed by atoms with Crippen LogP contribution in [0.4, 0.5) is 4.39 Å². The standard InChI is InChI=1S/C28H39F/c1-2-3-4-5-6-7-8-9-12-23-15-17-24(18-16-23)25-19-21-26(22-20-25)27-13-10-11-14-28(27)29/h10-11,13-14,19-24H,2-9,12,15-18H2,1H3. The van der Waals surface area contributed by atoms with Crippen LogP contribution in [0.15, 0.2) is 48.5 Å². The Kier molecular flexibility index (Phi) is 9.25. The molecule has 0 bridgehead atoms. The fourth-order valence-electron chi connectivity index (χ4n) is 4.98. The van der Waals surface area contributed by atoms with Gasteiger partial charge in [0.05, 0.1) is 0 Å².